The highest BCUT2D eigenvalue weighted by molar-refractivity contribution is 5.19. The van der Waals surface area contributed by atoms with Crippen molar-refractivity contribution < 1.29 is 19.1 Å². The molecule has 102 valence electrons. The van der Waals surface area contributed by atoms with Crippen LogP contribution in [-0.4, -0.2) is 31.0 Å². The molecule has 0 aromatic carbocycles. The van der Waals surface area contributed by atoms with Gasteiger partial charge in [-0.3, -0.25) is 10.1 Å². The predicted octanol–water partition coefficient (Wildman–Crippen LogP) is 2.24. The average Bonchev–Trinajstić information content (AvgIpc) is 2.36. The molecule has 0 saturated carbocycles. The fourth-order valence-electron chi connectivity index (χ4n) is 1.62. The van der Waals surface area contributed by atoms with Crippen LogP contribution in [0.25, 0.3) is 0 Å². The standard InChI is InChI=1S/C12H19NO5/c1-3-16-12(17-4-2)9-18-11-8-6-5-7-10(11)13(14)15/h5,7,12H,3-4,6,8-9H2,1-2H3. The Balaban J connectivity index is 2.58. The van der Waals surface area contributed by atoms with E-state index in [1.54, 1.807) is 6.08 Å². The Bertz CT molecular complexity index is 331. The minimum absolute atomic E-state index is 0.0213. The monoisotopic (exact) mass is 257 g/mol. The van der Waals surface area contributed by atoms with Gasteiger partial charge in [0.1, 0.15) is 6.61 Å². The zero-order valence-corrected chi connectivity index (χ0v) is 10.8. The number of hydrogen-bond acceptors (Lipinski definition) is 5. The molecule has 1 aliphatic carbocycles. The van der Waals surface area contributed by atoms with E-state index in [-0.39, 0.29) is 12.3 Å². The molecule has 0 saturated heterocycles. The van der Waals surface area contributed by atoms with E-state index in [2.05, 4.69) is 0 Å². The molecule has 1 aliphatic rings. The zero-order valence-electron chi connectivity index (χ0n) is 10.8. The van der Waals surface area contributed by atoms with Crippen LogP contribution in [0.2, 0.25) is 0 Å². The Morgan fingerprint density at radius 3 is 2.61 bits per heavy atom. The van der Waals surface area contributed by atoms with Crippen LogP contribution in [0.4, 0.5) is 0 Å². The van der Waals surface area contributed by atoms with Gasteiger partial charge in [0.05, 0.1) is 4.92 Å². The third-order valence-corrected chi connectivity index (χ3v) is 2.39. The van der Waals surface area contributed by atoms with Crippen LogP contribution in [0.5, 0.6) is 0 Å². The van der Waals surface area contributed by atoms with Gasteiger partial charge in [0.2, 0.25) is 0 Å². The first kappa shape index (κ1) is 14.7. The Morgan fingerprint density at radius 2 is 2.06 bits per heavy atom. The van der Waals surface area contributed by atoms with E-state index in [1.165, 1.54) is 6.08 Å². The molecule has 0 aromatic heterocycles. The molecule has 6 heteroatoms. The minimum atomic E-state index is -0.480. The van der Waals surface area contributed by atoms with Crippen molar-refractivity contribution in [2.75, 3.05) is 19.8 Å². The van der Waals surface area contributed by atoms with E-state index in [4.69, 9.17) is 14.2 Å². The average molecular weight is 257 g/mol. The Labute approximate surface area is 106 Å². The first-order valence-corrected chi connectivity index (χ1v) is 6.09. The van der Waals surface area contributed by atoms with Gasteiger partial charge in [-0.05, 0) is 20.3 Å². The molecule has 0 bridgehead atoms. The number of nitro groups is 1. The van der Waals surface area contributed by atoms with Crippen LogP contribution < -0.4 is 0 Å². The quantitative estimate of drug-likeness (QED) is 0.379. The Morgan fingerprint density at radius 1 is 1.39 bits per heavy atom. The van der Waals surface area contributed by atoms with Crippen molar-refractivity contribution in [3.05, 3.63) is 33.7 Å². The molecular formula is C12H19NO5. The highest BCUT2D eigenvalue weighted by Crippen LogP contribution is 2.20. The lowest BCUT2D eigenvalue weighted by atomic mass is 10.1. The summed E-state index contributed by atoms with van der Waals surface area (Å²) < 4.78 is 16.1. The van der Waals surface area contributed by atoms with Crippen molar-refractivity contribution >= 4 is 0 Å². The predicted molar refractivity (Wildman–Crippen MR) is 65.4 cm³/mol. The summed E-state index contributed by atoms with van der Waals surface area (Å²) in [5.41, 5.74) is 0.0213. The summed E-state index contributed by atoms with van der Waals surface area (Å²) in [4.78, 5) is 10.4. The summed E-state index contributed by atoms with van der Waals surface area (Å²) in [6, 6.07) is 0. The normalized spacial score (nSPS) is 15.3. The SMILES string of the molecule is CCOC(COC1=C([N+](=O)[O-])C=CCC1)OCC. The molecule has 0 fully saturated rings. The van der Waals surface area contributed by atoms with Gasteiger partial charge in [0.25, 0.3) is 0 Å². The number of rotatable bonds is 8. The summed E-state index contributed by atoms with van der Waals surface area (Å²) in [6.45, 7) is 4.90. The van der Waals surface area contributed by atoms with Crippen LogP contribution in [0.15, 0.2) is 23.6 Å². The molecule has 0 aromatic rings. The van der Waals surface area contributed by atoms with Gasteiger partial charge in [-0.1, -0.05) is 6.08 Å². The van der Waals surface area contributed by atoms with Gasteiger partial charge < -0.3 is 14.2 Å². The van der Waals surface area contributed by atoms with Crippen LogP contribution in [-0.2, 0) is 14.2 Å². The van der Waals surface area contributed by atoms with Gasteiger partial charge in [-0.25, -0.2) is 0 Å². The minimum Gasteiger partial charge on any atom is -0.485 e. The first-order valence-electron chi connectivity index (χ1n) is 6.09. The van der Waals surface area contributed by atoms with Crippen molar-refractivity contribution in [1.29, 1.82) is 0 Å². The topological polar surface area (TPSA) is 70.8 Å². The second-order valence-corrected chi connectivity index (χ2v) is 3.66. The lowest BCUT2D eigenvalue weighted by Crippen LogP contribution is -2.24. The van der Waals surface area contributed by atoms with E-state index >= 15 is 0 Å². The second-order valence-electron chi connectivity index (χ2n) is 3.66. The number of ether oxygens (including phenoxy) is 3. The van der Waals surface area contributed by atoms with Gasteiger partial charge in [0.15, 0.2) is 12.0 Å². The van der Waals surface area contributed by atoms with Gasteiger partial charge in [-0.2, -0.15) is 0 Å². The molecule has 0 heterocycles. The van der Waals surface area contributed by atoms with Crippen LogP contribution in [0, 0.1) is 10.1 Å². The van der Waals surface area contributed by atoms with Gasteiger partial charge >= 0.3 is 5.70 Å². The maximum absolute atomic E-state index is 10.8. The van der Waals surface area contributed by atoms with E-state index in [1.807, 2.05) is 13.8 Å². The summed E-state index contributed by atoms with van der Waals surface area (Å²) in [7, 11) is 0. The molecule has 0 N–H and O–H groups in total. The largest absolute Gasteiger partial charge is 0.485 e. The highest BCUT2D eigenvalue weighted by Gasteiger charge is 2.21. The summed E-state index contributed by atoms with van der Waals surface area (Å²) in [5, 5.41) is 10.8. The van der Waals surface area contributed by atoms with Crippen molar-refractivity contribution in [2.45, 2.75) is 33.0 Å². The zero-order chi connectivity index (χ0) is 13.4. The van der Waals surface area contributed by atoms with Crippen LogP contribution in [0.1, 0.15) is 26.7 Å². The molecule has 0 amide bonds. The van der Waals surface area contributed by atoms with E-state index < -0.39 is 11.2 Å². The van der Waals surface area contributed by atoms with E-state index in [0.29, 0.717) is 25.4 Å². The van der Waals surface area contributed by atoms with Crippen molar-refractivity contribution in [1.82, 2.24) is 0 Å². The third kappa shape index (κ3) is 4.46. The molecule has 6 nitrogen and oxygen atoms in total. The highest BCUT2D eigenvalue weighted by atomic mass is 16.7. The van der Waals surface area contributed by atoms with E-state index in [0.717, 1.165) is 6.42 Å². The van der Waals surface area contributed by atoms with Crippen molar-refractivity contribution in [2.24, 2.45) is 0 Å². The van der Waals surface area contributed by atoms with Crippen LogP contribution >= 0.6 is 0 Å². The summed E-state index contributed by atoms with van der Waals surface area (Å²) in [5.74, 6) is 0.395. The lowest BCUT2D eigenvalue weighted by Gasteiger charge is -2.19. The molecule has 0 radical (unpaired) electrons. The second kappa shape index (κ2) is 7.84. The molecule has 18 heavy (non-hydrogen) atoms. The molecule has 1 rings (SSSR count). The summed E-state index contributed by atoms with van der Waals surface area (Å²) >= 11 is 0. The summed E-state index contributed by atoms with van der Waals surface area (Å²) in [6.07, 6.45) is 4.06. The maximum atomic E-state index is 10.8. The number of nitrogens with zero attached hydrogens (tertiary/aromatic N) is 1. The number of allylic oxidation sites excluding steroid dienone is 3. The van der Waals surface area contributed by atoms with Crippen molar-refractivity contribution in [3.63, 3.8) is 0 Å². The number of hydrogen-bond donors (Lipinski definition) is 0. The van der Waals surface area contributed by atoms with Crippen LogP contribution in [0.3, 0.4) is 0 Å². The smallest absolute Gasteiger partial charge is 0.306 e. The van der Waals surface area contributed by atoms with E-state index in [9.17, 15) is 10.1 Å². The fourth-order valence-corrected chi connectivity index (χ4v) is 1.62. The van der Waals surface area contributed by atoms with Crippen molar-refractivity contribution in [3.8, 4) is 0 Å². The molecule has 0 spiro atoms. The maximum Gasteiger partial charge on any atom is 0.306 e. The molecule has 0 atom stereocenters. The fraction of sp³-hybridized carbons (Fsp3) is 0.667. The lowest BCUT2D eigenvalue weighted by molar-refractivity contribution is -0.422. The Hall–Kier alpha value is -1.40. The van der Waals surface area contributed by atoms with Gasteiger partial charge in [0, 0.05) is 25.7 Å². The third-order valence-electron chi connectivity index (χ3n) is 2.39. The molecule has 0 aliphatic heterocycles. The molecule has 0 unspecified atom stereocenters. The molecular weight excluding hydrogens is 238 g/mol. The van der Waals surface area contributed by atoms with Gasteiger partial charge in [-0.15, -0.1) is 0 Å². The first-order chi connectivity index (χ1) is 8.69. The Kier molecular flexibility index (Phi) is 6.38.